The van der Waals surface area contributed by atoms with Gasteiger partial charge < -0.3 is 10.6 Å². The van der Waals surface area contributed by atoms with Crippen LogP contribution in [0.25, 0.3) is 0 Å². The molecular formula is C16H19N3O4S2. The molecule has 0 aliphatic rings. The molecule has 134 valence electrons. The van der Waals surface area contributed by atoms with Crippen molar-refractivity contribution in [3.8, 4) is 0 Å². The summed E-state index contributed by atoms with van der Waals surface area (Å²) in [5.41, 5.74) is 1.53. The Morgan fingerprint density at radius 3 is 2.44 bits per heavy atom. The van der Waals surface area contributed by atoms with Crippen LogP contribution in [-0.2, 0) is 19.4 Å². The summed E-state index contributed by atoms with van der Waals surface area (Å²) < 4.78 is 24.9. The molecule has 9 heteroatoms. The van der Waals surface area contributed by atoms with Crippen LogP contribution in [-0.4, -0.2) is 36.2 Å². The fourth-order valence-corrected chi connectivity index (χ4v) is 4.25. The summed E-state index contributed by atoms with van der Waals surface area (Å²) in [5.74, 6) is -2.12. The molecule has 2 rings (SSSR count). The van der Waals surface area contributed by atoms with Crippen molar-refractivity contribution >= 4 is 43.8 Å². The minimum Gasteiger partial charge on any atom is -0.325 e. The number of amides is 2. The Morgan fingerprint density at radius 1 is 1.20 bits per heavy atom. The minimum absolute atomic E-state index is 0.0668. The summed E-state index contributed by atoms with van der Waals surface area (Å²) in [4.78, 5) is 28.1. The summed E-state index contributed by atoms with van der Waals surface area (Å²) >= 11 is 1.19. The van der Waals surface area contributed by atoms with E-state index >= 15 is 0 Å². The van der Waals surface area contributed by atoms with Gasteiger partial charge in [0.1, 0.15) is 11.0 Å². The van der Waals surface area contributed by atoms with E-state index in [1.54, 1.807) is 36.6 Å². The van der Waals surface area contributed by atoms with Crippen LogP contribution in [0.5, 0.6) is 0 Å². The van der Waals surface area contributed by atoms with Gasteiger partial charge in [0, 0.05) is 17.3 Å². The zero-order valence-electron chi connectivity index (χ0n) is 13.9. The average molecular weight is 381 g/mol. The van der Waals surface area contributed by atoms with Crippen molar-refractivity contribution in [2.24, 2.45) is 0 Å². The first kappa shape index (κ1) is 19.1. The molecule has 0 radical (unpaired) electrons. The number of thiazole rings is 1. The fourth-order valence-electron chi connectivity index (χ4n) is 2.19. The molecule has 2 aromatic rings. The summed E-state index contributed by atoms with van der Waals surface area (Å²) in [6, 6.07) is 6.99. The molecule has 2 N–H and O–H groups in total. The number of carbonyl (C=O) groups excluding carboxylic acids is 2. The number of hydrogen-bond donors (Lipinski definition) is 2. The highest BCUT2D eigenvalue weighted by molar-refractivity contribution is 7.93. The number of hydrogen-bond acceptors (Lipinski definition) is 6. The van der Waals surface area contributed by atoms with Crippen molar-refractivity contribution in [2.75, 3.05) is 16.4 Å². The first-order chi connectivity index (χ1) is 11.8. The standard InChI is InChI=1S/C16H19N3O4S2/c1-3-13(15(21)19-16-17-8-9-24-16)25(22,23)10-14(20)18-12-6-4-11(2)5-7-12/h4-9,13H,3,10H2,1-2H3,(H,18,20)(H,17,19,21). The molecule has 1 unspecified atom stereocenters. The lowest BCUT2D eigenvalue weighted by Gasteiger charge is -2.15. The van der Waals surface area contributed by atoms with Gasteiger partial charge >= 0.3 is 0 Å². The molecule has 0 saturated carbocycles. The molecular weight excluding hydrogens is 362 g/mol. The van der Waals surface area contributed by atoms with Gasteiger partial charge in [-0.2, -0.15) is 0 Å². The number of sulfone groups is 1. The molecule has 25 heavy (non-hydrogen) atoms. The molecule has 1 aromatic heterocycles. The number of nitrogens with one attached hydrogen (secondary N) is 2. The van der Waals surface area contributed by atoms with Crippen molar-refractivity contribution in [2.45, 2.75) is 25.5 Å². The van der Waals surface area contributed by atoms with E-state index in [0.717, 1.165) is 5.56 Å². The number of carbonyl (C=O) groups is 2. The number of aromatic nitrogens is 1. The van der Waals surface area contributed by atoms with E-state index in [-0.39, 0.29) is 6.42 Å². The van der Waals surface area contributed by atoms with Crippen molar-refractivity contribution < 1.29 is 18.0 Å². The Kier molecular flexibility index (Phi) is 6.27. The lowest BCUT2D eigenvalue weighted by atomic mass is 10.2. The molecule has 7 nitrogen and oxygen atoms in total. The van der Waals surface area contributed by atoms with Gasteiger partial charge in [-0.15, -0.1) is 11.3 Å². The molecule has 0 saturated heterocycles. The number of anilines is 2. The molecule has 0 fully saturated rings. The number of nitrogens with zero attached hydrogens (tertiary/aromatic N) is 1. The second-order valence-corrected chi connectivity index (χ2v) is 8.52. The van der Waals surface area contributed by atoms with Crippen LogP contribution in [0.2, 0.25) is 0 Å². The number of benzene rings is 1. The predicted molar refractivity (Wildman–Crippen MR) is 98.4 cm³/mol. The number of rotatable bonds is 7. The zero-order valence-corrected chi connectivity index (χ0v) is 15.5. The third kappa shape index (κ3) is 5.36. The highest BCUT2D eigenvalue weighted by atomic mass is 32.2. The first-order valence-electron chi connectivity index (χ1n) is 7.60. The smallest absolute Gasteiger partial charge is 0.244 e. The van der Waals surface area contributed by atoms with Crippen LogP contribution in [0.1, 0.15) is 18.9 Å². The Bertz CT molecular complexity index is 831. The van der Waals surface area contributed by atoms with Gasteiger partial charge in [0.05, 0.1) is 0 Å². The maximum absolute atomic E-state index is 12.4. The number of aryl methyl sites for hydroxylation is 1. The van der Waals surface area contributed by atoms with Gasteiger partial charge in [0.25, 0.3) is 0 Å². The summed E-state index contributed by atoms with van der Waals surface area (Å²) in [7, 11) is -3.95. The van der Waals surface area contributed by atoms with Gasteiger partial charge in [-0.3, -0.25) is 9.59 Å². The minimum atomic E-state index is -3.95. The Hall–Kier alpha value is -2.26. The monoisotopic (exact) mass is 381 g/mol. The summed E-state index contributed by atoms with van der Waals surface area (Å²) in [6.45, 7) is 3.49. The van der Waals surface area contributed by atoms with E-state index in [2.05, 4.69) is 15.6 Å². The van der Waals surface area contributed by atoms with Gasteiger partial charge in [-0.25, -0.2) is 13.4 Å². The lowest BCUT2D eigenvalue weighted by Crippen LogP contribution is -2.39. The second-order valence-electron chi connectivity index (χ2n) is 5.44. The van der Waals surface area contributed by atoms with Crippen LogP contribution in [0.4, 0.5) is 10.8 Å². The third-order valence-corrected chi connectivity index (χ3v) is 6.19. The zero-order chi connectivity index (χ0) is 18.4. The van der Waals surface area contributed by atoms with Gasteiger partial charge in [0.15, 0.2) is 15.0 Å². The highest BCUT2D eigenvalue weighted by Crippen LogP contribution is 2.15. The average Bonchev–Trinajstić information content (AvgIpc) is 3.02. The molecule has 1 atom stereocenters. The van der Waals surface area contributed by atoms with Gasteiger partial charge in [-0.05, 0) is 25.5 Å². The van der Waals surface area contributed by atoms with E-state index in [4.69, 9.17) is 0 Å². The molecule has 0 aliphatic carbocycles. The van der Waals surface area contributed by atoms with Crippen LogP contribution >= 0.6 is 11.3 Å². The SMILES string of the molecule is CCC(C(=O)Nc1nccs1)S(=O)(=O)CC(=O)Nc1ccc(C)cc1. The molecule has 0 aliphatic heterocycles. The highest BCUT2D eigenvalue weighted by Gasteiger charge is 2.33. The van der Waals surface area contributed by atoms with Crippen LogP contribution in [0.15, 0.2) is 35.8 Å². The van der Waals surface area contributed by atoms with Gasteiger partial charge in [0.2, 0.25) is 11.8 Å². The second kappa shape index (κ2) is 8.21. The van der Waals surface area contributed by atoms with Gasteiger partial charge in [-0.1, -0.05) is 24.6 Å². The molecule has 0 bridgehead atoms. The fraction of sp³-hybridized carbons (Fsp3) is 0.312. The molecule has 2 amide bonds. The Labute approximate surface area is 150 Å². The molecule has 1 heterocycles. The molecule has 0 spiro atoms. The normalized spacial score (nSPS) is 12.4. The third-order valence-electron chi connectivity index (χ3n) is 3.43. The van der Waals surface area contributed by atoms with E-state index < -0.39 is 32.7 Å². The van der Waals surface area contributed by atoms with Crippen LogP contribution < -0.4 is 10.6 Å². The van der Waals surface area contributed by atoms with E-state index in [9.17, 15) is 18.0 Å². The lowest BCUT2D eigenvalue weighted by molar-refractivity contribution is -0.115. The van der Waals surface area contributed by atoms with Crippen LogP contribution in [0.3, 0.4) is 0 Å². The Morgan fingerprint density at radius 2 is 1.88 bits per heavy atom. The first-order valence-corrected chi connectivity index (χ1v) is 10.2. The summed E-state index contributed by atoms with van der Waals surface area (Å²) in [6.07, 6.45) is 1.57. The maximum Gasteiger partial charge on any atom is 0.244 e. The predicted octanol–water partition coefficient (Wildman–Crippen LogP) is 2.22. The van der Waals surface area contributed by atoms with E-state index in [1.807, 2.05) is 6.92 Å². The Balaban J connectivity index is 2.03. The van der Waals surface area contributed by atoms with Crippen molar-refractivity contribution in [1.82, 2.24) is 4.98 Å². The topological polar surface area (TPSA) is 105 Å². The van der Waals surface area contributed by atoms with Crippen molar-refractivity contribution in [1.29, 1.82) is 0 Å². The van der Waals surface area contributed by atoms with Crippen LogP contribution in [0, 0.1) is 6.92 Å². The van der Waals surface area contributed by atoms with Crippen molar-refractivity contribution in [3.63, 3.8) is 0 Å². The van der Waals surface area contributed by atoms with E-state index in [1.165, 1.54) is 17.5 Å². The summed E-state index contributed by atoms with van der Waals surface area (Å²) in [5, 5.41) is 5.68. The largest absolute Gasteiger partial charge is 0.325 e. The van der Waals surface area contributed by atoms with Crippen molar-refractivity contribution in [3.05, 3.63) is 41.4 Å². The van der Waals surface area contributed by atoms with E-state index in [0.29, 0.717) is 10.8 Å². The molecule has 1 aromatic carbocycles. The quantitative estimate of drug-likeness (QED) is 0.765. The maximum atomic E-state index is 12.4.